The summed E-state index contributed by atoms with van der Waals surface area (Å²) in [5, 5.41) is 0. The predicted octanol–water partition coefficient (Wildman–Crippen LogP) is 2.91. The van der Waals surface area contributed by atoms with Gasteiger partial charge in [-0.2, -0.15) is 0 Å². The third-order valence-corrected chi connectivity index (χ3v) is 3.20. The molecule has 1 heterocycles. The highest BCUT2D eigenvalue weighted by molar-refractivity contribution is 5.87. The van der Waals surface area contributed by atoms with E-state index in [-0.39, 0.29) is 0 Å². The lowest BCUT2D eigenvalue weighted by Gasteiger charge is -2.04. The molecule has 0 radical (unpaired) electrons. The fourth-order valence-corrected chi connectivity index (χ4v) is 1.99. The number of benzene rings is 1. The van der Waals surface area contributed by atoms with Crippen molar-refractivity contribution in [3.05, 3.63) is 52.1 Å². The van der Waals surface area contributed by atoms with Gasteiger partial charge in [-0.3, -0.25) is 0 Å². The number of hydrogen-bond acceptors (Lipinski definition) is 3. The van der Waals surface area contributed by atoms with Gasteiger partial charge in [0.25, 0.3) is 0 Å². The van der Waals surface area contributed by atoms with Crippen molar-refractivity contribution < 1.29 is 9.53 Å². The van der Waals surface area contributed by atoms with E-state index in [4.69, 9.17) is 4.74 Å². The molecule has 0 aliphatic carbocycles. The summed E-state index contributed by atoms with van der Waals surface area (Å²) in [5.74, 6) is 6.09. The van der Waals surface area contributed by atoms with E-state index in [1.165, 1.54) is 17.3 Å². The van der Waals surface area contributed by atoms with Crippen LogP contribution >= 0.6 is 0 Å². The molecule has 2 aromatic rings. The van der Waals surface area contributed by atoms with E-state index < -0.39 is 5.97 Å². The molecule has 0 atom stereocenters. The third kappa shape index (κ3) is 3.51. The number of nitrogens with one attached hydrogen (secondary N) is 1. The Bertz CT molecular complexity index is 733. The van der Waals surface area contributed by atoms with Crippen molar-refractivity contribution in [3.8, 4) is 11.8 Å². The number of H-pyrrole nitrogens is 1. The number of aromatic nitrogens is 2. The average Bonchev–Trinajstić information content (AvgIpc) is 2.90. The maximum atomic E-state index is 11.5. The molecule has 0 unspecified atom stereocenters. The first kappa shape index (κ1) is 14.9. The van der Waals surface area contributed by atoms with Crippen LogP contribution in [-0.4, -0.2) is 22.5 Å². The molecule has 0 spiro atoms. The van der Waals surface area contributed by atoms with Gasteiger partial charge < -0.3 is 9.72 Å². The number of rotatable bonds is 2. The number of esters is 1. The molecule has 21 heavy (non-hydrogen) atoms. The van der Waals surface area contributed by atoms with Crippen molar-refractivity contribution in [2.24, 2.45) is 0 Å². The Morgan fingerprint density at radius 3 is 2.76 bits per heavy atom. The predicted molar refractivity (Wildman–Crippen MR) is 81.2 cm³/mol. The molecule has 1 aromatic carbocycles. The number of hydrogen-bond donors (Lipinski definition) is 1. The van der Waals surface area contributed by atoms with Crippen molar-refractivity contribution in [1.29, 1.82) is 0 Å². The Kier molecular flexibility index (Phi) is 4.44. The van der Waals surface area contributed by atoms with Gasteiger partial charge in [-0.25, -0.2) is 9.78 Å². The second-order valence-corrected chi connectivity index (χ2v) is 4.87. The normalized spacial score (nSPS) is 9.90. The number of carbonyl (C=O) groups excluding carboxylic acids is 1. The van der Waals surface area contributed by atoms with Gasteiger partial charge in [0.15, 0.2) is 5.82 Å². The monoisotopic (exact) mass is 282 g/mol. The van der Waals surface area contributed by atoms with E-state index in [1.807, 2.05) is 19.9 Å². The molecular formula is C17H18N2O2. The summed E-state index contributed by atoms with van der Waals surface area (Å²) in [7, 11) is 0. The number of aromatic amines is 1. The fourth-order valence-electron chi connectivity index (χ4n) is 1.99. The van der Waals surface area contributed by atoms with Crippen molar-refractivity contribution in [2.45, 2.75) is 27.7 Å². The highest BCUT2D eigenvalue weighted by Gasteiger charge is 2.09. The van der Waals surface area contributed by atoms with E-state index >= 15 is 0 Å². The Hall–Kier alpha value is -2.54. The van der Waals surface area contributed by atoms with Crippen LogP contribution in [0.1, 0.15) is 45.5 Å². The Balaban J connectivity index is 2.26. The molecule has 0 fully saturated rings. The van der Waals surface area contributed by atoms with Crippen molar-refractivity contribution in [1.82, 2.24) is 9.97 Å². The van der Waals surface area contributed by atoms with Crippen LogP contribution < -0.4 is 0 Å². The van der Waals surface area contributed by atoms with Crippen LogP contribution in [0.25, 0.3) is 0 Å². The van der Waals surface area contributed by atoms with Crippen LogP contribution in [0, 0.1) is 32.6 Å². The molecule has 2 rings (SSSR count). The summed E-state index contributed by atoms with van der Waals surface area (Å²) >= 11 is 0. The number of nitrogens with zero attached hydrogens (tertiary/aromatic N) is 1. The lowest BCUT2D eigenvalue weighted by molar-refractivity contribution is 0.0520. The first-order valence-electron chi connectivity index (χ1n) is 6.83. The molecule has 4 heteroatoms. The molecular weight excluding hydrogens is 264 g/mol. The second kappa shape index (κ2) is 6.27. The summed E-state index contributed by atoms with van der Waals surface area (Å²) in [4.78, 5) is 18.5. The highest BCUT2D eigenvalue weighted by Crippen LogP contribution is 2.14. The highest BCUT2D eigenvalue weighted by atomic mass is 16.5. The zero-order chi connectivity index (χ0) is 15.4. The number of ether oxygens (including phenoxy) is 1. The number of imidazole rings is 1. The Morgan fingerprint density at radius 2 is 2.05 bits per heavy atom. The number of carbonyl (C=O) groups is 1. The molecule has 0 amide bonds. The minimum Gasteiger partial charge on any atom is -0.461 e. The maximum absolute atomic E-state index is 11.5. The van der Waals surface area contributed by atoms with Crippen LogP contribution in [0.15, 0.2) is 18.3 Å². The van der Waals surface area contributed by atoms with Gasteiger partial charge in [0.1, 0.15) is 5.69 Å². The quantitative estimate of drug-likeness (QED) is 0.680. The molecule has 1 aromatic heterocycles. The zero-order valence-electron chi connectivity index (χ0n) is 12.7. The second-order valence-electron chi connectivity index (χ2n) is 4.87. The Labute approximate surface area is 124 Å². The first-order chi connectivity index (χ1) is 10.0. The van der Waals surface area contributed by atoms with Gasteiger partial charge in [0.2, 0.25) is 0 Å². The van der Waals surface area contributed by atoms with E-state index in [9.17, 15) is 4.79 Å². The summed E-state index contributed by atoms with van der Waals surface area (Å²) in [5.41, 5.74) is 4.84. The molecule has 0 saturated heterocycles. The molecule has 0 aliphatic heterocycles. The molecule has 4 nitrogen and oxygen atoms in total. The smallest absolute Gasteiger partial charge is 0.356 e. The van der Waals surface area contributed by atoms with Crippen molar-refractivity contribution in [3.63, 3.8) is 0 Å². The largest absolute Gasteiger partial charge is 0.461 e. The van der Waals surface area contributed by atoms with Gasteiger partial charge in [0.05, 0.1) is 12.8 Å². The van der Waals surface area contributed by atoms with Crippen molar-refractivity contribution in [2.75, 3.05) is 6.61 Å². The lowest BCUT2D eigenvalue weighted by atomic mass is 10.0. The Morgan fingerprint density at radius 1 is 1.29 bits per heavy atom. The fraction of sp³-hybridized carbons (Fsp3) is 0.294. The van der Waals surface area contributed by atoms with E-state index in [0.29, 0.717) is 18.1 Å². The topological polar surface area (TPSA) is 55.0 Å². The van der Waals surface area contributed by atoms with Crippen LogP contribution in [0.2, 0.25) is 0 Å². The molecule has 1 N–H and O–H groups in total. The summed E-state index contributed by atoms with van der Waals surface area (Å²) in [6.07, 6.45) is 1.44. The van der Waals surface area contributed by atoms with Gasteiger partial charge in [-0.15, -0.1) is 0 Å². The van der Waals surface area contributed by atoms with E-state index in [2.05, 4.69) is 34.8 Å². The standard InChI is InChI=1S/C17H18N2O2/c1-5-21-17(20)15-10-18-16(19-15)7-6-14-9-11(2)8-12(3)13(14)4/h8-10H,5H2,1-4H3,(H,18,19). The molecule has 0 aliphatic rings. The minimum absolute atomic E-state index is 0.318. The zero-order valence-corrected chi connectivity index (χ0v) is 12.7. The van der Waals surface area contributed by atoms with E-state index in [1.54, 1.807) is 6.92 Å². The summed E-state index contributed by atoms with van der Waals surface area (Å²) < 4.78 is 4.90. The van der Waals surface area contributed by atoms with Crippen LogP contribution in [0.4, 0.5) is 0 Å². The van der Waals surface area contributed by atoms with Crippen LogP contribution in [0.3, 0.4) is 0 Å². The van der Waals surface area contributed by atoms with Gasteiger partial charge in [-0.1, -0.05) is 12.0 Å². The lowest BCUT2D eigenvalue weighted by Crippen LogP contribution is -2.04. The maximum Gasteiger partial charge on any atom is 0.356 e. The van der Waals surface area contributed by atoms with Gasteiger partial charge in [0, 0.05) is 5.56 Å². The molecule has 0 saturated carbocycles. The summed E-state index contributed by atoms with van der Waals surface area (Å²) in [6, 6.07) is 4.18. The van der Waals surface area contributed by atoms with E-state index in [0.717, 1.165) is 11.1 Å². The van der Waals surface area contributed by atoms with Gasteiger partial charge >= 0.3 is 5.97 Å². The summed E-state index contributed by atoms with van der Waals surface area (Å²) in [6.45, 7) is 8.26. The first-order valence-corrected chi connectivity index (χ1v) is 6.83. The van der Waals surface area contributed by atoms with Gasteiger partial charge in [-0.05, 0) is 56.4 Å². The third-order valence-electron chi connectivity index (χ3n) is 3.20. The van der Waals surface area contributed by atoms with Crippen molar-refractivity contribution >= 4 is 5.97 Å². The minimum atomic E-state index is -0.416. The SMILES string of the molecule is CCOC(=O)c1cnc(C#Cc2cc(C)cc(C)c2C)[nH]1. The molecule has 108 valence electrons. The molecule has 0 bridgehead atoms. The van der Waals surface area contributed by atoms with Crippen LogP contribution in [-0.2, 0) is 4.74 Å². The number of aryl methyl sites for hydroxylation is 2. The average molecular weight is 282 g/mol. The van der Waals surface area contributed by atoms with Crippen LogP contribution in [0.5, 0.6) is 0 Å².